The van der Waals surface area contributed by atoms with Gasteiger partial charge in [0, 0.05) is 12.0 Å². The van der Waals surface area contributed by atoms with Crippen LogP contribution in [-0.4, -0.2) is 30.3 Å². The van der Waals surface area contributed by atoms with Crippen LogP contribution in [0.15, 0.2) is 24.5 Å². The molecule has 0 aromatic heterocycles. The standard InChI is InChI=1S/C11H16O5/c1-8(2)11(14)16-7-6-15-10(13)5-4-9(3)12/h12H,1,3-7H2,2H3. The van der Waals surface area contributed by atoms with E-state index in [1.807, 2.05) is 0 Å². The number of hydrogen-bond donors (Lipinski definition) is 1. The zero-order chi connectivity index (χ0) is 12.6. The molecule has 0 fully saturated rings. The van der Waals surface area contributed by atoms with E-state index in [1.165, 1.54) is 6.92 Å². The summed E-state index contributed by atoms with van der Waals surface area (Å²) >= 11 is 0. The normalized spacial score (nSPS) is 9.31. The number of rotatable bonds is 7. The van der Waals surface area contributed by atoms with Gasteiger partial charge in [0.2, 0.25) is 0 Å². The maximum Gasteiger partial charge on any atom is 0.333 e. The molecule has 16 heavy (non-hydrogen) atoms. The number of ether oxygens (including phenoxy) is 2. The summed E-state index contributed by atoms with van der Waals surface area (Å²) in [6.45, 7) is 8.16. The molecule has 0 aliphatic rings. The number of carbonyl (C=O) groups is 2. The molecule has 0 saturated carbocycles. The molecule has 0 aliphatic heterocycles. The van der Waals surface area contributed by atoms with Crippen molar-refractivity contribution >= 4 is 11.9 Å². The molecule has 0 radical (unpaired) electrons. The topological polar surface area (TPSA) is 72.8 Å². The summed E-state index contributed by atoms with van der Waals surface area (Å²) in [4.78, 5) is 21.9. The Morgan fingerprint density at radius 1 is 1.12 bits per heavy atom. The highest BCUT2D eigenvalue weighted by Gasteiger charge is 2.05. The van der Waals surface area contributed by atoms with E-state index in [1.54, 1.807) is 0 Å². The molecule has 0 unspecified atom stereocenters. The summed E-state index contributed by atoms with van der Waals surface area (Å²) in [6.07, 6.45) is 0.230. The van der Waals surface area contributed by atoms with E-state index in [0.717, 1.165) is 0 Å². The van der Waals surface area contributed by atoms with Gasteiger partial charge >= 0.3 is 11.9 Å². The molecule has 1 N–H and O–H groups in total. The Bertz CT molecular complexity index is 293. The monoisotopic (exact) mass is 228 g/mol. The van der Waals surface area contributed by atoms with Crippen molar-refractivity contribution in [1.82, 2.24) is 0 Å². The van der Waals surface area contributed by atoms with Crippen LogP contribution in [0.4, 0.5) is 0 Å². The first-order valence-corrected chi connectivity index (χ1v) is 4.78. The Morgan fingerprint density at radius 2 is 1.69 bits per heavy atom. The Labute approximate surface area is 94.4 Å². The molecule has 5 nitrogen and oxygen atoms in total. The second-order valence-electron chi connectivity index (χ2n) is 3.20. The predicted molar refractivity (Wildman–Crippen MR) is 57.7 cm³/mol. The number of esters is 2. The summed E-state index contributed by atoms with van der Waals surface area (Å²) in [6, 6.07) is 0. The van der Waals surface area contributed by atoms with Gasteiger partial charge in [-0.15, -0.1) is 0 Å². The van der Waals surface area contributed by atoms with Gasteiger partial charge in [0.25, 0.3) is 0 Å². The van der Waals surface area contributed by atoms with E-state index in [-0.39, 0.29) is 31.8 Å². The molecule has 0 aromatic rings. The summed E-state index contributed by atoms with van der Waals surface area (Å²) in [7, 11) is 0. The lowest BCUT2D eigenvalue weighted by atomic mass is 10.3. The van der Waals surface area contributed by atoms with Crippen LogP contribution in [0.25, 0.3) is 0 Å². The molecule has 0 heterocycles. The third-order valence-electron chi connectivity index (χ3n) is 1.55. The van der Waals surface area contributed by atoms with Gasteiger partial charge in [-0.3, -0.25) is 4.79 Å². The highest BCUT2D eigenvalue weighted by molar-refractivity contribution is 5.86. The fraction of sp³-hybridized carbons (Fsp3) is 0.455. The first kappa shape index (κ1) is 14.2. The Hall–Kier alpha value is -1.78. The fourth-order valence-electron chi connectivity index (χ4n) is 0.732. The van der Waals surface area contributed by atoms with Crippen molar-refractivity contribution < 1.29 is 24.2 Å². The molecule has 0 saturated heterocycles. The molecule has 0 spiro atoms. The zero-order valence-electron chi connectivity index (χ0n) is 9.32. The van der Waals surface area contributed by atoms with Gasteiger partial charge in [-0.1, -0.05) is 13.2 Å². The number of allylic oxidation sites excluding steroid dienone is 1. The van der Waals surface area contributed by atoms with Crippen molar-refractivity contribution in [2.24, 2.45) is 0 Å². The minimum Gasteiger partial charge on any atom is -0.513 e. The van der Waals surface area contributed by atoms with Crippen LogP contribution in [0.3, 0.4) is 0 Å². The first-order chi connectivity index (χ1) is 7.43. The lowest BCUT2D eigenvalue weighted by Crippen LogP contribution is -2.14. The van der Waals surface area contributed by atoms with Crippen molar-refractivity contribution in [1.29, 1.82) is 0 Å². The third kappa shape index (κ3) is 7.61. The molecule has 90 valence electrons. The van der Waals surface area contributed by atoms with Crippen molar-refractivity contribution in [2.75, 3.05) is 13.2 Å². The van der Waals surface area contributed by atoms with E-state index in [0.29, 0.717) is 5.57 Å². The number of aliphatic hydroxyl groups is 1. The SMILES string of the molecule is C=C(O)CCC(=O)OCCOC(=O)C(=C)C. The number of carbonyl (C=O) groups excluding carboxylic acids is 2. The van der Waals surface area contributed by atoms with Gasteiger partial charge in [0.05, 0.1) is 12.2 Å². The Kier molecular flexibility index (Phi) is 6.67. The summed E-state index contributed by atoms with van der Waals surface area (Å²) in [5.74, 6) is -1.05. The zero-order valence-corrected chi connectivity index (χ0v) is 9.32. The van der Waals surface area contributed by atoms with Gasteiger partial charge < -0.3 is 14.6 Å². The Morgan fingerprint density at radius 3 is 2.19 bits per heavy atom. The first-order valence-electron chi connectivity index (χ1n) is 4.78. The Balaban J connectivity index is 3.52. The van der Waals surface area contributed by atoms with Gasteiger partial charge in [0.1, 0.15) is 13.2 Å². The molecule has 0 aliphatic carbocycles. The van der Waals surface area contributed by atoms with Crippen LogP contribution in [0.1, 0.15) is 19.8 Å². The van der Waals surface area contributed by atoms with Gasteiger partial charge in [0.15, 0.2) is 0 Å². The van der Waals surface area contributed by atoms with Crippen LogP contribution in [0, 0.1) is 0 Å². The number of hydrogen-bond acceptors (Lipinski definition) is 5. The fourth-order valence-corrected chi connectivity index (χ4v) is 0.732. The molecule has 5 heteroatoms. The molecule has 0 aromatic carbocycles. The van der Waals surface area contributed by atoms with E-state index in [4.69, 9.17) is 14.6 Å². The van der Waals surface area contributed by atoms with Crippen molar-refractivity contribution in [3.05, 3.63) is 24.5 Å². The maximum atomic E-state index is 11.0. The molecular formula is C11H16O5. The third-order valence-corrected chi connectivity index (χ3v) is 1.55. The van der Waals surface area contributed by atoms with Crippen molar-refractivity contribution in [2.45, 2.75) is 19.8 Å². The smallest absolute Gasteiger partial charge is 0.333 e. The van der Waals surface area contributed by atoms with E-state index in [9.17, 15) is 9.59 Å². The second kappa shape index (κ2) is 7.50. The van der Waals surface area contributed by atoms with E-state index in [2.05, 4.69) is 13.2 Å². The quantitative estimate of drug-likeness (QED) is 0.309. The highest BCUT2D eigenvalue weighted by Crippen LogP contribution is 1.99. The molecular weight excluding hydrogens is 212 g/mol. The minimum absolute atomic E-state index is 0.00248. The van der Waals surface area contributed by atoms with Crippen molar-refractivity contribution in [3.8, 4) is 0 Å². The van der Waals surface area contributed by atoms with Crippen molar-refractivity contribution in [3.63, 3.8) is 0 Å². The number of aliphatic hydroxyl groups excluding tert-OH is 1. The minimum atomic E-state index is -0.514. The molecule has 0 atom stereocenters. The lowest BCUT2D eigenvalue weighted by molar-refractivity contribution is -0.150. The lowest BCUT2D eigenvalue weighted by Gasteiger charge is -2.05. The van der Waals surface area contributed by atoms with Crippen LogP contribution >= 0.6 is 0 Å². The van der Waals surface area contributed by atoms with Gasteiger partial charge in [-0.25, -0.2) is 4.79 Å². The molecule has 0 bridgehead atoms. The van der Waals surface area contributed by atoms with Crippen LogP contribution < -0.4 is 0 Å². The second-order valence-corrected chi connectivity index (χ2v) is 3.20. The summed E-state index contributed by atoms with van der Waals surface area (Å²) in [5, 5.41) is 8.73. The van der Waals surface area contributed by atoms with Crippen LogP contribution in [-0.2, 0) is 19.1 Å². The van der Waals surface area contributed by atoms with E-state index >= 15 is 0 Å². The van der Waals surface area contributed by atoms with Crippen LogP contribution in [0.2, 0.25) is 0 Å². The largest absolute Gasteiger partial charge is 0.513 e. The molecule has 0 amide bonds. The summed E-state index contributed by atoms with van der Waals surface area (Å²) < 4.78 is 9.42. The predicted octanol–water partition coefficient (Wildman–Crippen LogP) is 1.50. The summed E-state index contributed by atoms with van der Waals surface area (Å²) in [5.41, 5.74) is 0.294. The molecule has 0 rings (SSSR count). The van der Waals surface area contributed by atoms with Gasteiger partial charge in [-0.05, 0) is 6.92 Å². The van der Waals surface area contributed by atoms with Crippen LogP contribution in [0.5, 0.6) is 0 Å². The average molecular weight is 228 g/mol. The maximum absolute atomic E-state index is 11.0. The van der Waals surface area contributed by atoms with Gasteiger partial charge in [-0.2, -0.15) is 0 Å². The van der Waals surface area contributed by atoms with E-state index < -0.39 is 11.9 Å². The average Bonchev–Trinajstić information content (AvgIpc) is 2.20. The highest BCUT2D eigenvalue weighted by atomic mass is 16.6.